The molecule has 1 unspecified atom stereocenters. The standard InChI is InChI=1S/C24H43N3O4/c1-11-21(3,4)15-23(7,8)26-18(28)25(13-17-14-31-17)19(29)27(20(26)30)24(9,10)16-22(5,6)12-2/h17H,11-16H2,1-10H3. The lowest BCUT2D eigenvalue weighted by molar-refractivity contribution is 0.144. The first-order chi connectivity index (χ1) is 14.0. The topological polar surface area (TPSA) is 78.5 Å². The van der Waals surface area contributed by atoms with Crippen LogP contribution in [0.1, 0.15) is 94.9 Å². The van der Waals surface area contributed by atoms with Crippen LogP contribution in [-0.2, 0) is 22.4 Å². The van der Waals surface area contributed by atoms with Crippen LogP contribution in [0.25, 0.3) is 0 Å². The number of nitrogens with zero attached hydrogens (tertiary/aromatic N) is 3. The molecule has 1 saturated heterocycles. The Kier molecular flexibility index (Phi) is 6.93. The van der Waals surface area contributed by atoms with E-state index >= 15 is 0 Å². The summed E-state index contributed by atoms with van der Waals surface area (Å²) in [5.41, 5.74) is -3.19. The summed E-state index contributed by atoms with van der Waals surface area (Å²) in [4.78, 5) is 40.7. The van der Waals surface area contributed by atoms with E-state index in [9.17, 15) is 14.4 Å². The van der Waals surface area contributed by atoms with Crippen LogP contribution in [0.5, 0.6) is 0 Å². The van der Waals surface area contributed by atoms with Gasteiger partial charge in [0.2, 0.25) is 0 Å². The lowest BCUT2D eigenvalue weighted by Crippen LogP contribution is -2.63. The highest BCUT2D eigenvalue weighted by Crippen LogP contribution is 2.35. The minimum atomic E-state index is -0.744. The Morgan fingerprint density at radius 1 is 0.742 bits per heavy atom. The molecule has 31 heavy (non-hydrogen) atoms. The molecule has 1 aliphatic heterocycles. The van der Waals surface area contributed by atoms with Gasteiger partial charge in [-0.25, -0.2) is 28.1 Å². The van der Waals surface area contributed by atoms with Crippen molar-refractivity contribution in [2.24, 2.45) is 10.8 Å². The molecule has 0 bridgehead atoms. The Bertz CT molecular complexity index is 904. The first kappa shape index (κ1) is 25.6. The minimum absolute atomic E-state index is 0.0551. The van der Waals surface area contributed by atoms with Gasteiger partial charge >= 0.3 is 17.1 Å². The van der Waals surface area contributed by atoms with E-state index in [0.717, 1.165) is 12.8 Å². The van der Waals surface area contributed by atoms with Gasteiger partial charge in [0.15, 0.2) is 0 Å². The third kappa shape index (κ3) is 5.60. The molecule has 0 N–H and O–H groups in total. The molecule has 1 aromatic rings. The molecule has 2 heterocycles. The zero-order chi connectivity index (χ0) is 24.0. The monoisotopic (exact) mass is 437 g/mol. The van der Waals surface area contributed by atoms with Crippen LogP contribution in [0.2, 0.25) is 0 Å². The fraction of sp³-hybridized carbons (Fsp3) is 0.875. The maximum absolute atomic E-state index is 13.8. The molecule has 1 fully saturated rings. The van der Waals surface area contributed by atoms with Crippen molar-refractivity contribution in [1.82, 2.24) is 13.7 Å². The SMILES string of the molecule is CCC(C)(C)CC(C)(C)n1c(=O)n(CC2CO2)c(=O)n(C(C)(C)CC(C)(C)CC)c1=O. The molecule has 1 aromatic heterocycles. The maximum Gasteiger partial charge on any atom is 0.337 e. The molecule has 1 atom stereocenters. The summed E-state index contributed by atoms with van der Waals surface area (Å²) in [6.07, 6.45) is 2.99. The Hall–Kier alpha value is -1.63. The molecule has 0 aliphatic carbocycles. The highest BCUT2D eigenvalue weighted by Gasteiger charge is 2.38. The van der Waals surface area contributed by atoms with Crippen LogP contribution < -0.4 is 17.1 Å². The van der Waals surface area contributed by atoms with Crippen molar-refractivity contribution >= 4 is 0 Å². The van der Waals surface area contributed by atoms with Gasteiger partial charge in [-0.3, -0.25) is 0 Å². The van der Waals surface area contributed by atoms with Gasteiger partial charge in [-0.2, -0.15) is 0 Å². The molecule has 0 radical (unpaired) electrons. The summed E-state index contributed by atoms with van der Waals surface area (Å²) in [6.45, 7) is 21.2. The second-order valence-electron chi connectivity index (χ2n) is 12.1. The summed E-state index contributed by atoms with van der Waals surface area (Å²) >= 11 is 0. The van der Waals surface area contributed by atoms with E-state index in [1.54, 1.807) is 0 Å². The molecule has 7 heteroatoms. The predicted molar refractivity (Wildman–Crippen MR) is 125 cm³/mol. The third-order valence-corrected chi connectivity index (χ3v) is 6.96. The van der Waals surface area contributed by atoms with Gasteiger partial charge in [0.25, 0.3) is 0 Å². The number of ether oxygens (including phenoxy) is 1. The molecule has 178 valence electrons. The van der Waals surface area contributed by atoms with Gasteiger partial charge in [0.1, 0.15) is 0 Å². The van der Waals surface area contributed by atoms with E-state index in [0.29, 0.717) is 19.4 Å². The summed E-state index contributed by atoms with van der Waals surface area (Å²) in [7, 11) is 0. The maximum atomic E-state index is 13.8. The molecule has 0 amide bonds. The van der Waals surface area contributed by atoms with Gasteiger partial charge in [-0.05, 0) is 51.4 Å². The van der Waals surface area contributed by atoms with E-state index in [1.807, 2.05) is 27.7 Å². The number of hydrogen-bond donors (Lipinski definition) is 0. The largest absolute Gasteiger partial charge is 0.371 e. The summed E-state index contributed by atoms with van der Waals surface area (Å²) in [6, 6.07) is 0. The van der Waals surface area contributed by atoms with Crippen molar-refractivity contribution in [3.63, 3.8) is 0 Å². The molecule has 0 saturated carbocycles. The molecule has 0 aromatic carbocycles. The van der Waals surface area contributed by atoms with Gasteiger partial charge < -0.3 is 4.74 Å². The average molecular weight is 438 g/mol. The van der Waals surface area contributed by atoms with E-state index in [-0.39, 0.29) is 23.5 Å². The van der Waals surface area contributed by atoms with E-state index in [2.05, 4.69) is 41.5 Å². The van der Waals surface area contributed by atoms with Gasteiger partial charge in [0.05, 0.1) is 19.3 Å². The minimum Gasteiger partial charge on any atom is -0.371 e. The fourth-order valence-electron chi connectivity index (χ4n) is 4.91. The molecule has 0 spiro atoms. The molecule has 2 rings (SSSR count). The number of epoxide rings is 1. The fourth-order valence-corrected chi connectivity index (χ4v) is 4.91. The average Bonchev–Trinajstić information content (AvgIpc) is 3.40. The van der Waals surface area contributed by atoms with Gasteiger partial charge in [0, 0.05) is 11.1 Å². The normalized spacial score (nSPS) is 17.8. The van der Waals surface area contributed by atoms with E-state index in [1.165, 1.54) is 13.7 Å². The Morgan fingerprint density at radius 2 is 1.10 bits per heavy atom. The zero-order valence-electron chi connectivity index (χ0n) is 21.3. The Balaban J connectivity index is 2.80. The molecule has 7 nitrogen and oxygen atoms in total. The van der Waals surface area contributed by atoms with Crippen molar-refractivity contribution in [1.29, 1.82) is 0 Å². The van der Waals surface area contributed by atoms with Crippen LogP contribution in [-0.4, -0.2) is 26.4 Å². The van der Waals surface area contributed by atoms with Crippen molar-refractivity contribution in [3.8, 4) is 0 Å². The van der Waals surface area contributed by atoms with Crippen LogP contribution in [0.4, 0.5) is 0 Å². The Labute approximate surface area is 186 Å². The highest BCUT2D eigenvalue weighted by molar-refractivity contribution is 4.95. The van der Waals surface area contributed by atoms with E-state index < -0.39 is 28.1 Å². The smallest absolute Gasteiger partial charge is 0.337 e. The number of hydrogen-bond acceptors (Lipinski definition) is 4. The second-order valence-corrected chi connectivity index (χ2v) is 12.1. The molecular weight excluding hydrogens is 394 g/mol. The first-order valence-electron chi connectivity index (χ1n) is 11.6. The van der Waals surface area contributed by atoms with Crippen molar-refractivity contribution < 1.29 is 4.74 Å². The molecule has 1 aliphatic rings. The predicted octanol–water partition coefficient (Wildman–Crippen LogP) is 3.69. The van der Waals surface area contributed by atoms with Crippen LogP contribution in [0, 0.1) is 10.8 Å². The van der Waals surface area contributed by atoms with Crippen LogP contribution >= 0.6 is 0 Å². The number of aromatic nitrogens is 3. The van der Waals surface area contributed by atoms with Gasteiger partial charge in [-0.1, -0.05) is 54.4 Å². The zero-order valence-corrected chi connectivity index (χ0v) is 21.3. The van der Waals surface area contributed by atoms with Crippen molar-refractivity contribution in [2.75, 3.05) is 6.61 Å². The van der Waals surface area contributed by atoms with Crippen molar-refractivity contribution in [2.45, 2.75) is 119 Å². The third-order valence-electron chi connectivity index (χ3n) is 6.96. The van der Waals surface area contributed by atoms with Crippen molar-refractivity contribution in [3.05, 3.63) is 31.5 Å². The van der Waals surface area contributed by atoms with Crippen LogP contribution in [0.15, 0.2) is 14.4 Å². The lowest BCUT2D eigenvalue weighted by atomic mass is 9.77. The van der Waals surface area contributed by atoms with Gasteiger partial charge in [-0.15, -0.1) is 0 Å². The van der Waals surface area contributed by atoms with E-state index in [4.69, 9.17) is 4.74 Å². The van der Waals surface area contributed by atoms with Crippen LogP contribution in [0.3, 0.4) is 0 Å². The quantitative estimate of drug-likeness (QED) is 0.523. The second kappa shape index (κ2) is 8.38. The molecular formula is C24H43N3O4. The first-order valence-corrected chi connectivity index (χ1v) is 11.6. The number of rotatable bonds is 10. The summed E-state index contributed by atoms with van der Waals surface area (Å²) < 4.78 is 9.14. The summed E-state index contributed by atoms with van der Waals surface area (Å²) in [5, 5.41) is 0. The summed E-state index contributed by atoms with van der Waals surface area (Å²) in [5.74, 6) is 0. The lowest BCUT2D eigenvalue weighted by Gasteiger charge is -2.38. The highest BCUT2D eigenvalue weighted by atomic mass is 16.6. The Morgan fingerprint density at radius 3 is 1.39 bits per heavy atom.